The number of carbonyl (C=O) groups excluding carboxylic acids is 1. The molecular formula is C24H21N5O3S. The average Bonchev–Trinajstić information content (AvgIpc) is 3.24. The minimum absolute atomic E-state index is 0.0516. The van der Waals surface area contributed by atoms with Crippen molar-refractivity contribution in [3.63, 3.8) is 0 Å². The average molecular weight is 460 g/mol. The number of nitriles is 1. The quantitative estimate of drug-likeness (QED) is 0.445. The van der Waals surface area contributed by atoms with E-state index in [0.29, 0.717) is 30.9 Å². The van der Waals surface area contributed by atoms with Gasteiger partial charge in [-0.2, -0.15) is 5.26 Å². The van der Waals surface area contributed by atoms with Gasteiger partial charge >= 0.3 is 0 Å². The number of aryl methyl sites for hydroxylation is 1. The summed E-state index contributed by atoms with van der Waals surface area (Å²) in [4.78, 5) is 16.9. The highest BCUT2D eigenvalue weighted by molar-refractivity contribution is 7.18. The number of amides is 1. The summed E-state index contributed by atoms with van der Waals surface area (Å²) >= 11 is 1.54. The minimum Gasteiger partial charge on any atom is -0.494 e. The van der Waals surface area contributed by atoms with Gasteiger partial charge in [-0.15, -0.1) is 21.5 Å². The number of thiazole rings is 1. The van der Waals surface area contributed by atoms with Crippen LogP contribution in [0.25, 0.3) is 21.3 Å². The summed E-state index contributed by atoms with van der Waals surface area (Å²) in [5.41, 5.74) is 3.46. The number of hydrogen-bond donors (Lipinski definition) is 1. The molecule has 0 aliphatic heterocycles. The molecule has 4 aromatic rings. The van der Waals surface area contributed by atoms with Gasteiger partial charge in [0, 0.05) is 0 Å². The maximum absolute atomic E-state index is 12.1. The maximum Gasteiger partial charge on any atom is 0.230 e. The largest absolute Gasteiger partial charge is 0.494 e. The molecule has 1 N–H and O–H groups in total. The van der Waals surface area contributed by atoms with Crippen LogP contribution in [0, 0.1) is 18.3 Å². The molecule has 1 fully saturated rings. The fourth-order valence-corrected chi connectivity index (χ4v) is 4.60. The van der Waals surface area contributed by atoms with E-state index in [1.54, 1.807) is 18.4 Å². The summed E-state index contributed by atoms with van der Waals surface area (Å²) < 4.78 is 12.3. The molecule has 0 spiro atoms. The molecule has 2 aromatic heterocycles. The molecule has 2 aromatic carbocycles. The summed E-state index contributed by atoms with van der Waals surface area (Å²) in [6.07, 6.45) is 1.66. The Balaban J connectivity index is 1.34. The standard InChI is InChI=1S/C24H21N5O3S/c1-14-3-5-15(6-4-14)16-9-17(31-2)23-18(10-16)33-22(26-23)12-21-29-28-20(32-21)11-19(30)27-24(13-25)7-8-24/h3-6,9-10H,7-8,11-12H2,1-2H3,(H,27,30). The Kier molecular flexibility index (Phi) is 5.30. The number of benzene rings is 2. The van der Waals surface area contributed by atoms with Crippen molar-refractivity contribution < 1.29 is 13.9 Å². The van der Waals surface area contributed by atoms with E-state index >= 15 is 0 Å². The number of fused-ring (bicyclic) bond motifs is 1. The number of nitrogens with one attached hydrogen (secondary N) is 1. The smallest absolute Gasteiger partial charge is 0.230 e. The van der Waals surface area contributed by atoms with Crippen LogP contribution < -0.4 is 10.1 Å². The van der Waals surface area contributed by atoms with Gasteiger partial charge in [0.1, 0.15) is 28.2 Å². The van der Waals surface area contributed by atoms with Gasteiger partial charge in [0.2, 0.25) is 17.7 Å². The highest BCUT2D eigenvalue weighted by atomic mass is 32.1. The van der Waals surface area contributed by atoms with Gasteiger partial charge < -0.3 is 14.5 Å². The number of aromatic nitrogens is 3. The first-order valence-corrected chi connectivity index (χ1v) is 11.4. The molecule has 5 rings (SSSR count). The van der Waals surface area contributed by atoms with Gasteiger partial charge in [-0.25, -0.2) is 4.98 Å². The molecule has 1 aliphatic carbocycles. The van der Waals surface area contributed by atoms with E-state index in [9.17, 15) is 4.79 Å². The van der Waals surface area contributed by atoms with Crippen molar-refractivity contribution in [1.82, 2.24) is 20.5 Å². The fourth-order valence-electron chi connectivity index (χ4n) is 3.59. The van der Waals surface area contributed by atoms with E-state index in [0.717, 1.165) is 26.4 Å². The Hall–Kier alpha value is -3.77. The number of rotatable bonds is 7. The molecule has 0 saturated heterocycles. The minimum atomic E-state index is -0.711. The van der Waals surface area contributed by atoms with Gasteiger partial charge in [0.25, 0.3) is 0 Å². The van der Waals surface area contributed by atoms with Gasteiger partial charge in [-0.1, -0.05) is 29.8 Å². The first-order chi connectivity index (χ1) is 16.0. The SMILES string of the molecule is COc1cc(-c2ccc(C)cc2)cc2sc(Cc3nnc(CC(=O)NC4(C#N)CC4)o3)nc12. The third kappa shape index (κ3) is 4.43. The number of hydrogen-bond acceptors (Lipinski definition) is 8. The lowest BCUT2D eigenvalue weighted by atomic mass is 10.0. The zero-order valence-corrected chi connectivity index (χ0v) is 19.0. The Morgan fingerprint density at radius 2 is 1.97 bits per heavy atom. The van der Waals surface area contributed by atoms with Gasteiger partial charge in [-0.05, 0) is 43.0 Å². The Bertz CT molecular complexity index is 1380. The van der Waals surface area contributed by atoms with Crippen LogP contribution in [-0.2, 0) is 17.6 Å². The highest BCUT2D eigenvalue weighted by Gasteiger charge is 2.44. The Morgan fingerprint density at radius 3 is 2.67 bits per heavy atom. The summed E-state index contributed by atoms with van der Waals surface area (Å²) in [7, 11) is 1.64. The van der Waals surface area contributed by atoms with E-state index in [2.05, 4.69) is 58.8 Å². The van der Waals surface area contributed by atoms with E-state index in [4.69, 9.17) is 19.4 Å². The monoisotopic (exact) mass is 459 g/mol. The van der Waals surface area contributed by atoms with Gasteiger partial charge in [-0.3, -0.25) is 4.79 Å². The maximum atomic E-state index is 12.1. The Morgan fingerprint density at radius 1 is 1.21 bits per heavy atom. The van der Waals surface area contributed by atoms with Crippen LogP contribution in [0.15, 0.2) is 40.8 Å². The van der Waals surface area contributed by atoms with Gasteiger partial charge in [0.15, 0.2) is 0 Å². The molecular weight excluding hydrogens is 438 g/mol. The van der Waals surface area contributed by atoms with Crippen LogP contribution in [0.3, 0.4) is 0 Å². The first kappa shape index (κ1) is 21.1. The zero-order valence-electron chi connectivity index (χ0n) is 18.2. The zero-order chi connectivity index (χ0) is 23.0. The second-order valence-electron chi connectivity index (χ2n) is 8.18. The third-order valence-electron chi connectivity index (χ3n) is 5.57. The van der Waals surface area contributed by atoms with E-state index in [1.807, 2.05) is 6.07 Å². The van der Waals surface area contributed by atoms with Crippen molar-refractivity contribution in [2.24, 2.45) is 0 Å². The lowest BCUT2D eigenvalue weighted by Gasteiger charge is -2.06. The molecule has 2 heterocycles. The predicted octanol–water partition coefficient (Wildman–Crippen LogP) is 3.97. The van der Waals surface area contributed by atoms with Crippen LogP contribution in [-0.4, -0.2) is 33.7 Å². The second kappa shape index (κ2) is 8.30. The number of nitrogens with zero attached hydrogens (tertiary/aromatic N) is 4. The van der Waals surface area contributed by atoms with Crippen LogP contribution >= 0.6 is 11.3 Å². The molecule has 0 bridgehead atoms. The lowest BCUT2D eigenvalue weighted by Crippen LogP contribution is -2.36. The number of ether oxygens (including phenoxy) is 1. The molecule has 166 valence electrons. The molecule has 1 saturated carbocycles. The highest BCUT2D eigenvalue weighted by Crippen LogP contribution is 2.36. The van der Waals surface area contributed by atoms with Crippen molar-refractivity contribution >= 4 is 27.5 Å². The number of carbonyl (C=O) groups is 1. The van der Waals surface area contributed by atoms with Crippen molar-refractivity contribution in [2.75, 3.05) is 7.11 Å². The molecule has 0 atom stereocenters. The molecule has 33 heavy (non-hydrogen) atoms. The molecule has 0 unspecified atom stereocenters. The van der Waals surface area contributed by atoms with Crippen molar-refractivity contribution in [3.8, 4) is 22.9 Å². The van der Waals surface area contributed by atoms with Crippen molar-refractivity contribution in [3.05, 3.63) is 58.8 Å². The third-order valence-corrected chi connectivity index (χ3v) is 6.58. The normalized spacial score (nSPS) is 14.1. The molecule has 8 nitrogen and oxygen atoms in total. The fraction of sp³-hybridized carbons (Fsp3) is 0.292. The summed E-state index contributed by atoms with van der Waals surface area (Å²) in [5.74, 6) is 1.02. The van der Waals surface area contributed by atoms with E-state index < -0.39 is 5.54 Å². The molecule has 1 aliphatic rings. The molecule has 1 amide bonds. The topological polar surface area (TPSA) is 114 Å². The van der Waals surface area contributed by atoms with Crippen molar-refractivity contribution in [1.29, 1.82) is 5.26 Å². The summed E-state index contributed by atoms with van der Waals surface area (Å²) in [5, 5.41) is 20.7. The van der Waals surface area contributed by atoms with Crippen LogP contribution in [0.2, 0.25) is 0 Å². The lowest BCUT2D eigenvalue weighted by molar-refractivity contribution is -0.121. The van der Waals surface area contributed by atoms with Crippen LogP contribution in [0.4, 0.5) is 0 Å². The number of methoxy groups -OCH3 is 1. The van der Waals surface area contributed by atoms with Crippen LogP contribution in [0.5, 0.6) is 5.75 Å². The van der Waals surface area contributed by atoms with Crippen molar-refractivity contribution in [2.45, 2.75) is 38.1 Å². The molecule has 0 radical (unpaired) electrons. The van der Waals surface area contributed by atoms with Gasteiger partial charge in [0.05, 0.1) is 24.3 Å². The van der Waals surface area contributed by atoms with Crippen LogP contribution in [0.1, 0.15) is 35.2 Å². The van der Waals surface area contributed by atoms with E-state index in [1.165, 1.54) is 5.56 Å². The molecule has 9 heteroatoms. The first-order valence-electron chi connectivity index (χ1n) is 10.5. The Labute approximate surface area is 194 Å². The summed E-state index contributed by atoms with van der Waals surface area (Å²) in [6, 6.07) is 14.6. The van der Waals surface area contributed by atoms with E-state index in [-0.39, 0.29) is 18.2 Å². The second-order valence-corrected chi connectivity index (χ2v) is 9.30. The summed E-state index contributed by atoms with van der Waals surface area (Å²) in [6.45, 7) is 2.06. The predicted molar refractivity (Wildman–Crippen MR) is 123 cm³/mol.